The topological polar surface area (TPSA) is 237 Å². The number of rotatable bonds is 69. The van der Waals surface area contributed by atoms with Crippen molar-refractivity contribution >= 4 is 39.5 Å². The zero-order valence-electron chi connectivity index (χ0n) is 56.0. The molecular formula is C68H132O17P2. The third-order valence-electron chi connectivity index (χ3n) is 15.9. The maximum absolute atomic E-state index is 13.0. The summed E-state index contributed by atoms with van der Waals surface area (Å²) in [4.78, 5) is 72.4. The SMILES string of the molecule is CCCCCCCCCCCCCCCCCC(=O)OC[C@H](COP(=O)(O)OC[C@@H](O)COP(=O)(O)OC[C@@H](COC(=O)CCCCCCCCCCCC)OC(=O)CCCCCCCCCCCC)OC(=O)CCCCCCCCCCCCCC. The van der Waals surface area contributed by atoms with E-state index < -0.39 is 97.5 Å². The first-order chi connectivity index (χ1) is 42.2. The molecule has 2 unspecified atom stereocenters. The van der Waals surface area contributed by atoms with Gasteiger partial charge in [-0.1, -0.05) is 304 Å². The molecule has 0 rings (SSSR count). The molecular weight excluding hydrogens is 1150 g/mol. The minimum Gasteiger partial charge on any atom is -0.462 e. The van der Waals surface area contributed by atoms with Crippen LogP contribution in [-0.4, -0.2) is 96.7 Å². The normalized spacial score (nSPS) is 14.1. The number of aliphatic hydroxyl groups excluding tert-OH is 1. The third-order valence-corrected chi connectivity index (χ3v) is 17.8. The second-order valence-corrected chi connectivity index (χ2v) is 27.5. The van der Waals surface area contributed by atoms with Gasteiger partial charge < -0.3 is 33.8 Å². The molecule has 17 nitrogen and oxygen atoms in total. The van der Waals surface area contributed by atoms with E-state index in [2.05, 4.69) is 27.7 Å². The molecule has 3 N–H and O–H groups in total. The van der Waals surface area contributed by atoms with Crippen LogP contribution in [0.4, 0.5) is 0 Å². The molecule has 0 aliphatic rings. The first-order valence-electron chi connectivity index (χ1n) is 35.8. The molecule has 0 saturated carbocycles. The van der Waals surface area contributed by atoms with Gasteiger partial charge in [0.05, 0.1) is 26.4 Å². The average molecular weight is 1280 g/mol. The van der Waals surface area contributed by atoms with Crippen molar-refractivity contribution in [3.63, 3.8) is 0 Å². The van der Waals surface area contributed by atoms with Crippen LogP contribution in [0, 0.1) is 0 Å². The van der Waals surface area contributed by atoms with Gasteiger partial charge in [0.2, 0.25) is 0 Å². The minimum atomic E-state index is -4.95. The van der Waals surface area contributed by atoms with E-state index in [9.17, 15) is 43.2 Å². The van der Waals surface area contributed by atoms with E-state index in [-0.39, 0.29) is 25.7 Å². The van der Waals surface area contributed by atoms with Gasteiger partial charge >= 0.3 is 39.5 Å². The molecule has 87 heavy (non-hydrogen) atoms. The lowest BCUT2D eigenvalue weighted by Gasteiger charge is -2.21. The van der Waals surface area contributed by atoms with Crippen LogP contribution >= 0.6 is 15.6 Å². The third kappa shape index (κ3) is 62.6. The number of phosphoric acid groups is 2. The zero-order chi connectivity index (χ0) is 64.0. The lowest BCUT2D eigenvalue weighted by molar-refractivity contribution is -0.161. The second-order valence-electron chi connectivity index (χ2n) is 24.6. The number of unbranched alkanes of at least 4 members (excludes halogenated alkanes) is 43. The van der Waals surface area contributed by atoms with E-state index in [1.807, 2.05) is 0 Å². The fourth-order valence-electron chi connectivity index (χ4n) is 10.3. The van der Waals surface area contributed by atoms with Crippen LogP contribution in [-0.2, 0) is 65.4 Å². The number of ether oxygens (including phenoxy) is 4. The number of carbonyl (C=O) groups excluding carboxylic acids is 4. The van der Waals surface area contributed by atoms with E-state index in [1.54, 1.807) is 0 Å². The van der Waals surface area contributed by atoms with Crippen LogP contribution < -0.4 is 0 Å². The van der Waals surface area contributed by atoms with Crippen LogP contribution in [0.1, 0.15) is 355 Å². The second kappa shape index (κ2) is 62.8. The van der Waals surface area contributed by atoms with Crippen LogP contribution in [0.3, 0.4) is 0 Å². The number of phosphoric ester groups is 2. The monoisotopic (exact) mass is 1280 g/mol. The molecule has 0 aliphatic carbocycles. The Balaban J connectivity index is 5.22. The molecule has 19 heteroatoms. The fraction of sp³-hybridized carbons (Fsp3) is 0.941. The summed E-state index contributed by atoms with van der Waals surface area (Å²) in [5, 5.41) is 10.6. The van der Waals surface area contributed by atoms with E-state index in [1.165, 1.54) is 186 Å². The van der Waals surface area contributed by atoms with Crippen molar-refractivity contribution in [3.05, 3.63) is 0 Å². The maximum atomic E-state index is 13.0. The van der Waals surface area contributed by atoms with Gasteiger partial charge in [-0.2, -0.15) is 0 Å². The molecule has 0 radical (unpaired) electrons. The largest absolute Gasteiger partial charge is 0.472 e. The average Bonchev–Trinajstić information content (AvgIpc) is 3.60. The van der Waals surface area contributed by atoms with Crippen LogP contribution in [0.2, 0.25) is 0 Å². The molecule has 0 amide bonds. The summed E-state index contributed by atoms with van der Waals surface area (Å²) in [6, 6.07) is 0. The molecule has 0 fully saturated rings. The maximum Gasteiger partial charge on any atom is 0.472 e. The quantitative estimate of drug-likeness (QED) is 0.0222. The molecule has 0 aromatic carbocycles. The zero-order valence-corrected chi connectivity index (χ0v) is 57.8. The van der Waals surface area contributed by atoms with Crippen molar-refractivity contribution in [1.29, 1.82) is 0 Å². The van der Waals surface area contributed by atoms with E-state index in [0.717, 1.165) is 89.9 Å². The Morgan fingerprint density at radius 1 is 0.276 bits per heavy atom. The first-order valence-corrected chi connectivity index (χ1v) is 38.8. The summed E-state index contributed by atoms with van der Waals surface area (Å²) in [6.45, 7) is 4.92. The molecule has 0 bridgehead atoms. The fourth-order valence-corrected chi connectivity index (χ4v) is 11.9. The molecule has 0 heterocycles. The van der Waals surface area contributed by atoms with Gasteiger partial charge in [0.15, 0.2) is 12.2 Å². The smallest absolute Gasteiger partial charge is 0.462 e. The Morgan fingerprint density at radius 3 is 0.678 bits per heavy atom. The van der Waals surface area contributed by atoms with Crippen molar-refractivity contribution in [2.75, 3.05) is 39.6 Å². The summed E-state index contributed by atoms with van der Waals surface area (Å²) in [5.41, 5.74) is 0. The van der Waals surface area contributed by atoms with Crippen molar-refractivity contribution < 1.29 is 80.2 Å². The summed E-state index contributed by atoms with van der Waals surface area (Å²) >= 11 is 0. The minimum absolute atomic E-state index is 0.107. The number of aliphatic hydroxyl groups is 1. The van der Waals surface area contributed by atoms with Crippen LogP contribution in [0.25, 0.3) is 0 Å². The van der Waals surface area contributed by atoms with Gasteiger partial charge in [-0.05, 0) is 25.7 Å². The summed E-state index contributed by atoms with van der Waals surface area (Å²) in [5.74, 6) is -2.12. The molecule has 0 aliphatic heterocycles. The van der Waals surface area contributed by atoms with Gasteiger partial charge in [-0.3, -0.25) is 37.3 Å². The van der Waals surface area contributed by atoms with E-state index >= 15 is 0 Å². The van der Waals surface area contributed by atoms with Gasteiger partial charge in [-0.15, -0.1) is 0 Å². The molecule has 0 saturated heterocycles. The Morgan fingerprint density at radius 2 is 0.460 bits per heavy atom. The Bertz CT molecular complexity index is 1670. The Kier molecular flexibility index (Phi) is 61.4. The number of carbonyl (C=O) groups is 4. The predicted molar refractivity (Wildman–Crippen MR) is 349 cm³/mol. The molecule has 0 aromatic heterocycles. The molecule has 516 valence electrons. The Labute approximate surface area is 530 Å². The summed E-state index contributed by atoms with van der Waals surface area (Å²) in [6.07, 6.45) is 49.8. The first kappa shape index (κ1) is 85.1. The summed E-state index contributed by atoms with van der Waals surface area (Å²) < 4.78 is 68.2. The molecule has 0 aromatic rings. The van der Waals surface area contributed by atoms with E-state index in [0.29, 0.717) is 25.7 Å². The van der Waals surface area contributed by atoms with Crippen LogP contribution in [0.5, 0.6) is 0 Å². The highest BCUT2D eigenvalue weighted by atomic mass is 31.2. The van der Waals surface area contributed by atoms with Gasteiger partial charge in [0.25, 0.3) is 0 Å². The van der Waals surface area contributed by atoms with Crippen molar-refractivity contribution in [3.8, 4) is 0 Å². The van der Waals surface area contributed by atoms with Crippen LogP contribution in [0.15, 0.2) is 0 Å². The lowest BCUT2D eigenvalue weighted by atomic mass is 10.0. The van der Waals surface area contributed by atoms with Crippen molar-refractivity contribution in [2.24, 2.45) is 0 Å². The van der Waals surface area contributed by atoms with Gasteiger partial charge in [-0.25, -0.2) is 9.13 Å². The standard InChI is InChI=1S/C68H132O17P2/c1-5-9-13-17-21-25-29-31-32-33-35-38-41-45-49-53-66(71)79-59-64(85-68(73)55-51-47-43-39-34-30-26-22-18-14-10-6-2)61-83-87(76,77)81-57-62(69)56-80-86(74,75)82-60-63(84-67(72)54-50-46-42-37-28-24-20-16-12-8-4)58-78-65(70)52-48-44-40-36-27-23-19-15-11-7-3/h62-64,69H,5-61H2,1-4H3,(H,74,75)(H,76,77)/t62-,63+,64+/m0/s1. The Hall–Kier alpha value is -1.94. The number of hydrogen-bond acceptors (Lipinski definition) is 15. The van der Waals surface area contributed by atoms with Crippen molar-refractivity contribution in [2.45, 2.75) is 373 Å². The van der Waals surface area contributed by atoms with Gasteiger partial charge in [0.1, 0.15) is 19.3 Å². The highest BCUT2D eigenvalue weighted by Gasteiger charge is 2.30. The predicted octanol–water partition coefficient (Wildman–Crippen LogP) is 19.5. The number of hydrogen-bond donors (Lipinski definition) is 3. The highest BCUT2D eigenvalue weighted by molar-refractivity contribution is 7.47. The lowest BCUT2D eigenvalue weighted by Crippen LogP contribution is -2.30. The highest BCUT2D eigenvalue weighted by Crippen LogP contribution is 2.45. The number of esters is 4. The van der Waals surface area contributed by atoms with Gasteiger partial charge in [0, 0.05) is 25.7 Å². The molecule has 5 atom stereocenters. The summed E-state index contributed by atoms with van der Waals surface area (Å²) in [7, 11) is -9.89. The molecule has 0 spiro atoms. The van der Waals surface area contributed by atoms with E-state index in [4.69, 9.17) is 37.0 Å². The van der Waals surface area contributed by atoms with Crippen molar-refractivity contribution in [1.82, 2.24) is 0 Å².